The first-order valence-electron chi connectivity index (χ1n) is 8.28. The van der Waals surface area contributed by atoms with Crippen molar-refractivity contribution in [1.29, 1.82) is 0 Å². The SMILES string of the molecule is O=C(Cc1ccc(Nc2ccnc(C(F)(F)F)c2)cc1)Nc1ccccc1O. The number of alkyl halides is 3. The van der Waals surface area contributed by atoms with E-state index >= 15 is 0 Å². The Hall–Kier alpha value is -3.55. The number of benzene rings is 2. The fourth-order valence-corrected chi connectivity index (χ4v) is 2.50. The number of hydrogen-bond donors (Lipinski definition) is 3. The molecule has 0 unspecified atom stereocenters. The molecule has 3 rings (SSSR count). The molecule has 1 amide bonds. The van der Waals surface area contributed by atoms with Gasteiger partial charge in [-0.05, 0) is 42.0 Å². The number of pyridine rings is 1. The number of carbonyl (C=O) groups excluding carboxylic acids is 1. The Balaban J connectivity index is 1.62. The molecule has 3 aromatic rings. The van der Waals surface area contributed by atoms with Crippen molar-refractivity contribution in [2.24, 2.45) is 0 Å². The number of nitrogens with one attached hydrogen (secondary N) is 2. The first-order chi connectivity index (χ1) is 13.3. The zero-order valence-corrected chi connectivity index (χ0v) is 14.5. The van der Waals surface area contributed by atoms with Crippen molar-refractivity contribution in [2.45, 2.75) is 12.6 Å². The van der Waals surface area contributed by atoms with Crippen LogP contribution in [0.3, 0.4) is 0 Å². The summed E-state index contributed by atoms with van der Waals surface area (Å²) in [6, 6.07) is 15.5. The summed E-state index contributed by atoms with van der Waals surface area (Å²) >= 11 is 0. The summed E-state index contributed by atoms with van der Waals surface area (Å²) in [5.74, 6) is -0.322. The molecule has 0 spiro atoms. The third-order valence-corrected chi connectivity index (χ3v) is 3.84. The number of hydrogen-bond acceptors (Lipinski definition) is 4. The smallest absolute Gasteiger partial charge is 0.433 e. The molecule has 0 aliphatic rings. The molecule has 28 heavy (non-hydrogen) atoms. The molecule has 1 heterocycles. The Morgan fingerprint density at radius 2 is 1.71 bits per heavy atom. The first kappa shape index (κ1) is 19.2. The number of nitrogens with zero attached hydrogens (tertiary/aromatic N) is 1. The highest BCUT2D eigenvalue weighted by molar-refractivity contribution is 5.93. The van der Waals surface area contributed by atoms with E-state index in [1.807, 2.05) is 0 Å². The van der Waals surface area contributed by atoms with Crippen molar-refractivity contribution in [3.63, 3.8) is 0 Å². The summed E-state index contributed by atoms with van der Waals surface area (Å²) in [4.78, 5) is 15.4. The van der Waals surface area contributed by atoms with E-state index in [1.54, 1.807) is 42.5 Å². The largest absolute Gasteiger partial charge is 0.506 e. The molecule has 0 bridgehead atoms. The van der Waals surface area contributed by atoms with Gasteiger partial charge >= 0.3 is 6.18 Å². The quantitative estimate of drug-likeness (QED) is 0.554. The number of aromatic hydroxyl groups is 1. The average molecular weight is 387 g/mol. The van der Waals surface area contributed by atoms with E-state index in [9.17, 15) is 23.1 Å². The van der Waals surface area contributed by atoms with Gasteiger partial charge in [-0.2, -0.15) is 13.2 Å². The van der Waals surface area contributed by atoms with Gasteiger partial charge in [-0.1, -0.05) is 24.3 Å². The molecule has 0 saturated carbocycles. The molecule has 0 aliphatic carbocycles. The number of carbonyl (C=O) groups is 1. The molecule has 8 heteroatoms. The van der Waals surface area contributed by atoms with Gasteiger partial charge in [-0.25, -0.2) is 0 Å². The van der Waals surface area contributed by atoms with Gasteiger partial charge in [0, 0.05) is 17.6 Å². The van der Waals surface area contributed by atoms with Crippen molar-refractivity contribution >= 4 is 23.0 Å². The summed E-state index contributed by atoms with van der Waals surface area (Å²) < 4.78 is 38.2. The average Bonchev–Trinajstić information content (AvgIpc) is 2.65. The second kappa shape index (κ2) is 7.99. The van der Waals surface area contributed by atoms with Crippen LogP contribution in [0.15, 0.2) is 66.9 Å². The van der Waals surface area contributed by atoms with Crippen LogP contribution in [-0.4, -0.2) is 16.0 Å². The number of amides is 1. The van der Waals surface area contributed by atoms with Crippen molar-refractivity contribution in [3.05, 3.63) is 78.1 Å². The summed E-state index contributed by atoms with van der Waals surface area (Å²) in [6.45, 7) is 0. The van der Waals surface area contributed by atoms with Crippen molar-refractivity contribution in [1.82, 2.24) is 4.98 Å². The van der Waals surface area contributed by atoms with Crippen molar-refractivity contribution in [2.75, 3.05) is 10.6 Å². The maximum atomic E-state index is 12.7. The molecule has 0 aliphatic heterocycles. The second-order valence-corrected chi connectivity index (χ2v) is 5.99. The second-order valence-electron chi connectivity index (χ2n) is 5.99. The van der Waals surface area contributed by atoms with E-state index in [0.29, 0.717) is 16.9 Å². The lowest BCUT2D eigenvalue weighted by Crippen LogP contribution is -2.14. The lowest BCUT2D eigenvalue weighted by Gasteiger charge is -2.11. The number of para-hydroxylation sites is 2. The van der Waals surface area contributed by atoms with Crippen LogP contribution >= 0.6 is 0 Å². The summed E-state index contributed by atoms with van der Waals surface area (Å²) in [5, 5.41) is 15.2. The lowest BCUT2D eigenvalue weighted by molar-refractivity contribution is -0.141. The molecular formula is C20H16F3N3O2. The molecule has 0 fully saturated rings. The molecule has 144 valence electrons. The van der Waals surface area contributed by atoms with Crippen molar-refractivity contribution in [3.8, 4) is 5.75 Å². The fraction of sp³-hybridized carbons (Fsp3) is 0.100. The number of anilines is 3. The van der Waals surface area contributed by atoms with Crippen LogP contribution in [0.5, 0.6) is 5.75 Å². The lowest BCUT2D eigenvalue weighted by atomic mass is 10.1. The summed E-state index contributed by atoms with van der Waals surface area (Å²) in [7, 11) is 0. The van der Waals surface area contributed by atoms with Crippen LogP contribution in [0.1, 0.15) is 11.3 Å². The predicted molar refractivity (Wildman–Crippen MR) is 99.4 cm³/mol. The highest BCUT2D eigenvalue weighted by atomic mass is 19.4. The van der Waals surface area contributed by atoms with Crippen LogP contribution in [0.4, 0.5) is 30.2 Å². The highest BCUT2D eigenvalue weighted by Gasteiger charge is 2.32. The van der Waals surface area contributed by atoms with Crippen LogP contribution < -0.4 is 10.6 Å². The third-order valence-electron chi connectivity index (χ3n) is 3.84. The minimum absolute atomic E-state index is 0.0222. The number of phenolic OH excluding ortho intramolecular Hbond substituents is 1. The van der Waals surface area contributed by atoms with Crippen LogP contribution in [0.25, 0.3) is 0 Å². The highest BCUT2D eigenvalue weighted by Crippen LogP contribution is 2.29. The standard InChI is InChI=1S/C20H16F3N3O2/c21-20(22,23)18-12-15(9-10-24-18)25-14-7-5-13(6-8-14)11-19(28)26-16-3-1-2-4-17(16)27/h1-10,12,27H,11H2,(H,24,25)(H,26,28). The van der Waals surface area contributed by atoms with E-state index < -0.39 is 11.9 Å². The topological polar surface area (TPSA) is 74.2 Å². The van der Waals surface area contributed by atoms with Crippen LogP contribution in [-0.2, 0) is 17.4 Å². The number of rotatable bonds is 5. The van der Waals surface area contributed by atoms with E-state index in [1.165, 1.54) is 12.1 Å². The van der Waals surface area contributed by atoms with Gasteiger partial charge < -0.3 is 15.7 Å². The van der Waals surface area contributed by atoms with Gasteiger partial charge in [0.05, 0.1) is 12.1 Å². The molecule has 3 N–H and O–H groups in total. The molecule has 0 atom stereocenters. The molecule has 1 aromatic heterocycles. The Morgan fingerprint density at radius 3 is 2.39 bits per heavy atom. The Labute approximate surface area is 158 Å². The van der Waals surface area contributed by atoms with Crippen LogP contribution in [0, 0.1) is 0 Å². The molecule has 2 aromatic carbocycles. The molecule has 0 saturated heterocycles. The maximum Gasteiger partial charge on any atom is 0.433 e. The zero-order chi connectivity index (χ0) is 20.1. The number of halogens is 3. The van der Waals surface area contributed by atoms with Gasteiger partial charge in [0.15, 0.2) is 0 Å². The summed E-state index contributed by atoms with van der Waals surface area (Å²) in [6.07, 6.45) is -3.34. The first-order valence-corrected chi connectivity index (χ1v) is 8.28. The normalized spacial score (nSPS) is 11.1. The number of aromatic nitrogens is 1. The van der Waals surface area contributed by atoms with Gasteiger partial charge in [0.25, 0.3) is 0 Å². The predicted octanol–water partition coefficient (Wildman–Crippen LogP) is 4.73. The fourth-order valence-electron chi connectivity index (χ4n) is 2.50. The minimum atomic E-state index is -4.51. The minimum Gasteiger partial charge on any atom is -0.506 e. The Kier molecular flexibility index (Phi) is 5.49. The van der Waals surface area contributed by atoms with Gasteiger partial charge in [0.1, 0.15) is 11.4 Å². The summed E-state index contributed by atoms with van der Waals surface area (Å²) in [5.41, 5.74) is 0.889. The third kappa shape index (κ3) is 5.00. The maximum absolute atomic E-state index is 12.7. The Bertz CT molecular complexity index is 973. The van der Waals surface area contributed by atoms with E-state index in [2.05, 4.69) is 15.6 Å². The van der Waals surface area contributed by atoms with E-state index in [4.69, 9.17) is 0 Å². The van der Waals surface area contributed by atoms with Gasteiger partial charge in [-0.15, -0.1) is 0 Å². The van der Waals surface area contributed by atoms with Crippen molar-refractivity contribution < 1.29 is 23.1 Å². The monoisotopic (exact) mass is 387 g/mol. The van der Waals surface area contributed by atoms with Crippen LogP contribution in [0.2, 0.25) is 0 Å². The molecule has 5 nitrogen and oxygen atoms in total. The Morgan fingerprint density at radius 1 is 1.00 bits per heavy atom. The van der Waals surface area contributed by atoms with Gasteiger partial charge in [-0.3, -0.25) is 9.78 Å². The number of phenols is 1. The van der Waals surface area contributed by atoms with Gasteiger partial charge in [0.2, 0.25) is 5.91 Å². The molecular weight excluding hydrogens is 371 g/mol. The van der Waals surface area contributed by atoms with E-state index in [0.717, 1.165) is 12.3 Å². The van der Waals surface area contributed by atoms with E-state index in [-0.39, 0.29) is 23.8 Å². The molecule has 0 radical (unpaired) electrons. The zero-order valence-electron chi connectivity index (χ0n) is 14.5.